The first-order valence-corrected chi connectivity index (χ1v) is 10.5. The Hall–Kier alpha value is -2.10. The molecular formula is C20H26F3N5O2. The lowest BCUT2D eigenvalue weighted by molar-refractivity contribution is -0.169. The summed E-state index contributed by atoms with van der Waals surface area (Å²) < 4.78 is 45.3. The van der Waals surface area contributed by atoms with Crippen LogP contribution in [0.1, 0.15) is 57.4 Å². The van der Waals surface area contributed by atoms with E-state index in [2.05, 4.69) is 25.9 Å². The van der Waals surface area contributed by atoms with Gasteiger partial charge >= 0.3 is 6.18 Å². The fourth-order valence-electron chi connectivity index (χ4n) is 4.92. The number of halogens is 3. The van der Waals surface area contributed by atoms with Crippen molar-refractivity contribution in [2.24, 2.45) is 5.41 Å². The van der Waals surface area contributed by atoms with Crippen molar-refractivity contribution in [1.82, 2.24) is 15.3 Å². The SMILES string of the molecule is CC1(Nc2nc(NC34CC(C(=O)NC5CCOCC5)(C3)C4)ncc2C(F)(F)F)CC1. The molecule has 1 aromatic heterocycles. The van der Waals surface area contributed by atoms with Crippen molar-refractivity contribution >= 4 is 17.7 Å². The summed E-state index contributed by atoms with van der Waals surface area (Å²) in [5, 5.41) is 9.26. The molecule has 0 unspecified atom stereocenters. The van der Waals surface area contributed by atoms with Crippen LogP contribution < -0.4 is 16.0 Å². The van der Waals surface area contributed by atoms with Crippen molar-refractivity contribution in [2.75, 3.05) is 23.8 Å². The Morgan fingerprint density at radius 1 is 1.17 bits per heavy atom. The van der Waals surface area contributed by atoms with Gasteiger partial charge in [-0.15, -0.1) is 0 Å². The Balaban J connectivity index is 1.23. The van der Waals surface area contributed by atoms with Crippen molar-refractivity contribution in [3.8, 4) is 0 Å². The second kappa shape index (κ2) is 6.45. The smallest absolute Gasteiger partial charge is 0.381 e. The number of hydrogen-bond acceptors (Lipinski definition) is 6. The van der Waals surface area contributed by atoms with E-state index in [1.165, 1.54) is 0 Å². The molecule has 10 heteroatoms. The van der Waals surface area contributed by atoms with E-state index in [4.69, 9.17) is 4.74 Å². The number of carbonyl (C=O) groups excluding carboxylic acids is 1. The number of hydrogen-bond donors (Lipinski definition) is 3. The van der Waals surface area contributed by atoms with Gasteiger partial charge in [0.05, 0.1) is 5.41 Å². The number of ether oxygens (including phenoxy) is 1. The number of amides is 1. The minimum Gasteiger partial charge on any atom is -0.381 e. The topological polar surface area (TPSA) is 88.2 Å². The summed E-state index contributed by atoms with van der Waals surface area (Å²) in [6, 6.07) is 0.167. The van der Waals surface area contributed by atoms with Gasteiger partial charge in [0.1, 0.15) is 11.4 Å². The summed E-state index contributed by atoms with van der Waals surface area (Å²) in [6.07, 6.45) is 1.56. The van der Waals surface area contributed by atoms with Gasteiger partial charge in [-0.05, 0) is 51.9 Å². The maximum atomic E-state index is 13.3. The molecule has 6 rings (SSSR count). The normalized spacial score (nSPS) is 31.9. The number of alkyl halides is 3. The molecule has 4 saturated carbocycles. The predicted molar refractivity (Wildman–Crippen MR) is 103 cm³/mol. The first kappa shape index (κ1) is 19.8. The Kier molecular flexibility index (Phi) is 4.26. The second-order valence-corrected chi connectivity index (χ2v) is 9.72. The molecule has 1 saturated heterocycles. The van der Waals surface area contributed by atoms with E-state index in [9.17, 15) is 18.0 Å². The Morgan fingerprint density at radius 3 is 2.43 bits per heavy atom. The third kappa shape index (κ3) is 3.48. The minimum atomic E-state index is -4.52. The van der Waals surface area contributed by atoms with Crippen LogP contribution in [0.3, 0.4) is 0 Å². The van der Waals surface area contributed by atoms with E-state index >= 15 is 0 Å². The van der Waals surface area contributed by atoms with Gasteiger partial charge in [-0.1, -0.05) is 0 Å². The molecule has 5 fully saturated rings. The molecule has 4 aliphatic carbocycles. The summed E-state index contributed by atoms with van der Waals surface area (Å²) >= 11 is 0. The monoisotopic (exact) mass is 425 g/mol. The highest BCUT2D eigenvalue weighted by molar-refractivity contribution is 5.88. The molecule has 164 valence electrons. The number of carbonyl (C=O) groups is 1. The third-order valence-electron chi connectivity index (χ3n) is 6.96. The first-order valence-electron chi connectivity index (χ1n) is 10.5. The lowest BCUT2D eigenvalue weighted by Crippen LogP contribution is -2.75. The molecule has 5 aliphatic rings. The Labute approximate surface area is 172 Å². The quantitative estimate of drug-likeness (QED) is 0.649. The van der Waals surface area contributed by atoms with E-state index in [0.717, 1.165) is 31.9 Å². The van der Waals surface area contributed by atoms with Gasteiger partial charge in [-0.3, -0.25) is 4.79 Å². The maximum Gasteiger partial charge on any atom is 0.421 e. The molecule has 30 heavy (non-hydrogen) atoms. The standard InChI is InChI=1S/C20H26F3N5O2/c1-17(4-5-17)27-14-13(20(21,22)23)8-24-16(26-14)28-19-9-18(10-19,11-19)15(29)25-12-2-6-30-7-3-12/h8,12H,2-7,9-11H2,1H3,(H,25,29)(H2,24,26,27,28). The zero-order chi connectivity index (χ0) is 21.2. The van der Waals surface area contributed by atoms with Crippen LogP contribution in [0.5, 0.6) is 0 Å². The van der Waals surface area contributed by atoms with Crippen molar-refractivity contribution < 1.29 is 22.7 Å². The molecule has 0 spiro atoms. The maximum absolute atomic E-state index is 13.3. The minimum absolute atomic E-state index is 0.0791. The molecule has 1 amide bonds. The number of nitrogens with one attached hydrogen (secondary N) is 3. The number of rotatable bonds is 6. The Morgan fingerprint density at radius 2 is 1.83 bits per heavy atom. The van der Waals surface area contributed by atoms with Gasteiger partial charge in [0.15, 0.2) is 0 Å². The van der Waals surface area contributed by atoms with Gasteiger partial charge in [-0.2, -0.15) is 18.2 Å². The molecule has 1 aliphatic heterocycles. The number of anilines is 2. The van der Waals surface area contributed by atoms with E-state index in [-0.39, 0.29) is 40.2 Å². The van der Waals surface area contributed by atoms with Crippen LogP contribution in [0.15, 0.2) is 6.20 Å². The summed E-state index contributed by atoms with van der Waals surface area (Å²) in [6.45, 7) is 3.22. The molecular weight excluding hydrogens is 399 g/mol. The third-order valence-corrected chi connectivity index (χ3v) is 6.96. The van der Waals surface area contributed by atoms with Gasteiger partial charge in [0.2, 0.25) is 11.9 Å². The molecule has 1 aromatic rings. The van der Waals surface area contributed by atoms with E-state index in [1.54, 1.807) is 0 Å². The van der Waals surface area contributed by atoms with Gasteiger partial charge in [0.25, 0.3) is 0 Å². The zero-order valence-electron chi connectivity index (χ0n) is 16.9. The lowest BCUT2D eigenvalue weighted by atomic mass is 9.39. The lowest BCUT2D eigenvalue weighted by Gasteiger charge is -2.69. The van der Waals surface area contributed by atoms with Crippen LogP contribution in [0.4, 0.5) is 24.9 Å². The average molecular weight is 425 g/mol. The van der Waals surface area contributed by atoms with Crippen LogP contribution in [0.2, 0.25) is 0 Å². The number of nitrogens with zero attached hydrogens (tertiary/aromatic N) is 2. The zero-order valence-corrected chi connectivity index (χ0v) is 16.9. The predicted octanol–water partition coefficient (Wildman–Crippen LogP) is 3.09. The van der Waals surface area contributed by atoms with Gasteiger partial charge in [0, 0.05) is 36.5 Å². The molecule has 0 radical (unpaired) electrons. The van der Waals surface area contributed by atoms with E-state index in [1.807, 2.05) is 6.92 Å². The van der Waals surface area contributed by atoms with E-state index in [0.29, 0.717) is 32.5 Å². The molecule has 2 bridgehead atoms. The fraction of sp³-hybridized carbons (Fsp3) is 0.750. The second-order valence-electron chi connectivity index (χ2n) is 9.72. The van der Waals surface area contributed by atoms with Crippen LogP contribution in [0, 0.1) is 5.41 Å². The molecule has 2 heterocycles. The highest BCUT2D eigenvalue weighted by atomic mass is 19.4. The number of aromatic nitrogens is 2. The fourth-order valence-corrected chi connectivity index (χ4v) is 4.92. The van der Waals surface area contributed by atoms with Crippen LogP contribution in [0.25, 0.3) is 0 Å². The van der Waals surface area contributed by atoms with Crippen LogP contribution in [-0.2, 0) is 15.7 Å². The van der Waals surface area contributed by atoms with Gasteiger partial charge < -0.3 is 20.7 Å². The van der Waals surface area contributed by atoms with Gasteiger partial charge in [-0.25, -0.2) is 4.98 Å². The highest BCUT2D eigenvalue weighted by Gasteiger charge is 2.72. The first-order chi connectivity index (χ1) is 14.1. The Bertz CT molecular complexity index is 845. The van der Waals surface area contributed by atoms with E-state index < -0.39 is 11.7 Å². The van der Waals surface area contributed by atoms with Crippen LogP contribution >= 0.6 is 0 Å². The summed E-state index contributed by atoms with van der Waals surface area (Å²) in [4.78, 5) is 20.7. The molecule has 0 atom stereocenters. The van der Waals surface area contributed by atoms with Crippen LogP contribution in [-0.4, -0.2) is 46.2 Å². The summed E-state index contributed by atoms with van der Waals surface area (Å²) in [5.41, 5.74) is -1.85. The summed E-state index contributed by atoms with van der Waals surface area (Å²) in [5.74, 6) is 0.0712. The molecule has 0 aromatic carbocycles. The highest BCUT2D eigenvalue weighted by Crippen LogP contribution is 2.68. The van der Waals surface area contributed by atoms with Crippen molar-refractivity contribution in [1.29, 1.82) is 0 Å². The molecule has 3 N–H and O–H groups in total. The van der Waals surface area contributed by atoms with Crippen molar-refractivity contribution in [3.05, 3.63) is 11.8 Å². The summed E-state index contributed by atoms with van der Waals surface area (Å²) in [7, 11) is 0. The van der Waals surface area contributed by atoms with Crippen molar-refractivity contribution in [3.63, 3.8) is 0 Å². The van der Waals surface area contributed by atoms with Crippen molar-refractivity contribution in [2.45, 2.75) is 75.2 Å². The largest absolute Gasteiger partial charge is 0.421 e. The molecule has 7 nitrogen and oxygen atoms in total. The average Bonchev–Trinajstić information content (AvgIpc) is 3.33.